The van der Waals surface area contributed by atoms with Crippen molar-refractivity contribution < 1.29 is 18.8 Å². The Labute approximate surface area is 135 Å². The highest BCUT2D eigenvalue weighted by Gasteiger charge is 2.37. The summed E-state index contributed by atoms with van der Waals surface area (Å²) in [6.07, 6.45) is 2.96. The third kappa shape index (κ3) is 3.97. The molecule has 7 heteroatoms. The Morgan fingerprint density at radius 3 is 3.09 bits per heavy atom. The van der Waals surface area contributed by atoms with Crippen molar-refractivity contribution in [2.75, 3.05) is 31.6 Å². The van der Waals surface area contributed by atoms with Crippen molar-refractivity contribution in [1.29, 1.82) is 0 Å². The van der Waals surface area contributed by atoms with Crippen molar-refractivity contribution >= 4 is 17.5 Å². The number of Topliss-reactive ketones (excluding diaryl/α,β-unsaturated/α-hetero) is 1. The Kier molecular flexibility index (Phi) is 5.07. The number of carbonyl (C=O) groups is 2. The van der Waals surface area contributed by atoms with E-state index in [4.69, 9.17) is 9.26 Å². The van der Waals surface area contributed by atoms with Crippen molar-refractivity contribution in [3.8, 4) is 0 Å². The lowest BCUT2D eigenvalue weighted by Crippen LogP contribution is -2.51. The molecule has 1 N–H and O–H groups in total. The molecule has 1 aromatic heterocycles. The number of aryl methyl sites for hydroxylation is 1. The average Bonchev–Trinajstić information content (AvgIpc) is 3.14. The average molecular weight is 321 g/mol. The van der Waals surface area contributed by atoms with Crippen LogP contribution in [0.25, 0.3) is 0 Å². The zero-order valence-electron chi connectivity index (χ0n) is 13.4. The molecule has 1 aliphatic carbocycles. The first-order valence-electron chi connectivity index (χ1n) is 8.21. The summed E-state index contributed by atoms with van der Waals surface area (Å²) in [5.41, 5.74) is 0. The fourth-order valence-electron chi connectivity index (χ4n) is 3.43. The molecule has 0 radical (unpaired) electrons. The molecule has 1 aliphatic heterocycles. The van der Waals surface area contributed by atoms with Gasteiger partial charge >= 0.3 is 0 Å². The van der Waals surface area contributed by atoms with Crippen molar-refractivity contribution in [2.45, 2.75) is 38.6 Å². The summed E-state index contributed by atoms with van der Waals surface area (Å²) in [4.78, 5) is 26.3. The van der Waals surface area contributed by atoms with E-state index >= 15 is 0 Å². The fourth-order valence-corrected chi connectivity index (χ4v) is 3.43. The predicted octanol–water partition coefficient (Wildman–Crippen LogP) is 1.38. The van der Waals surface area contributed by atoms with E-state index in [2.05, 4.69) is 15.4 Å². The smallest absolute Gasteiger partial charge is 0.226 e. The number of hydrogen-bond donors (Lipinski definition) is 1. The van der Waals surface area contributed by atoms with E-state index < -0.39 is 0 Å². The Hall–Kier alpha value is -1.73. The van der Waals surface area contributed by atoms with Gasteiger partial charge in [-0.05, 0) is 19.8 Å². The van der Waals surface area contributed by atoms with Crippen LogP contribution in [0.3, 0.4) is 0 Å². The minimum Gasteiger partial charge on any atom is -0.378 e. The largest absolute Gasteiger partial charge is 0.378 e. The zero-order chi connectivity index (χ0) is 16.2. The summed E-state index contributed by atoms with van der Waals surface area (Å²) in [5.74, 6) is 1.41. The van der Waals surface area contributed by atoms with Gasteiger partial charge in [-0.2, -0.15) is 0 Å². The molecule has 7 nitrogen and oxygen atoms in total. The van der Waals surface area contributed by atoms with Crippen LogP contribution in [0.5, 0.6) is 0 Å². The normalized spacial score (nSPS) is 25.7. The zero-order valence-corrected chi connectivity index (χ0v) is 13.4. The van der Waals surface area contributed by atoms with Crippen LogP contribution >= 0.6 is 0 Å². The first-order chi connectivity index (χ1) is 11.1. The highest BCUT2D eigenvalue weighted by molar-refractivity contribution is 5.89. The maximum absolute atomic E-state index is 12.0. The van der Waals surface area contributed by atoms with Gasteiger partial charge in [0.1, 0.15) is 11.5 Å². The van der Waals surface area contributed by atoms with E-state index in [1.807, 2.05) is 0 Å². The molecule has 0 spiro atoms. The predicted molar refractivity (Wildman–Crippen MR) is 83.0 cm³/mol. The van der Waals surface area contributed by atoms with Crippen LogP contribution in [0.15, 0.2) is 10.6 Å². The standard InChI is InChI=1S/C16H23N3O4/c1-11-9-15(18-23-11)17-16(21)5-6-19-7-8-22-10-13(19)12-3-2-4-14(12)20/h9,12-13H,2-8,10H2,1H3,(H,17,18,21)/t12-,13-/m1/s1. The Bertz CT molecular complexity index is 571. The van der Waals surface area contributed by atoms with Crippen LogP contribution in [0.2, 0.25) is 0 Å². The number of carbonyl (C=O) groups excluding carboxylic acids is 2. The highest BCUT2D eigenvalue weighted by atomic mass is 16.5. The quantitative estimate of drug-likeness (QED) is 0.882. The molecule has 1 saturated carbocycles. The summed E-state index contributed by atoms with van der Waals surface area (Å²) in [6, 6.07) is 1.80. The first-order valence-corrected chi connectivity index (χ1v) is 8.21. The molecule has 126 valence electrons. The molecule has 2 aliphatic rings. The minimum absolute atomic E-state index is 0.0663. The molecule has 2 fully saturated rings. The van der Waals surface area contributed by atoms with Gasteiger partial charge in [0, 0.05) is 44.0 Å². The summed E-state index contributed by atoms with van der Waals surface area (Å²) < 4.78 is 10.5. The van der Waals surface area contributed by atoms with Gasteiger partial charge in [0.25, 0.3) is 0 Å². The van der Waals surface area contributed by atoms with Crippen molar-refractivity contribution in [3.05, 3.63) is 11.8 Å². The lowest BCUT2D eigenvalue weighted by molar-refractivity contribution is -0.125. The van der Waals surface area contributed by atoms with Gasteiger partial charge in [-0.15, -0.1) is 0 Å². The van der Waals surface area contributed by atoms with Crippen LogP contribution in [-0.2, 0) is 14.3 Å². The second-order valence-corrected chi connectivity index (χ2v) is 6.26. The third-order valence-corrected chi connectivity index (χ3v) is 4.62. The number of nitrogens with zero attached hydrogens (tertiary/aromatic N) is 2. The molecule has 23 heavy (non-hydrogen) atoms. The van der Waals surface area contributed by atoms with Gasteiger partial charge in [-0.25, -0.2) is 0 Å². The molecular weight excluding hydrogens is 298 g/mol. The molecule has 1 saturated heterocycles. The lowest BCUT2D eigenvalue weighted by atomic mass is 9.95. The molecule has 1 amide bonds. The number of rotatable bonds is 5. The van der Waals surface area contributed by atoms with Crippen LogP contribution in [0, 0.1) is 12.8 Å². The maximum atomic E-state index is 12.0. The fraction of sp³-hybridized carbons (Fsp3) is 0.688. The van der Waals surface area contributed by atoms with Gasteiger partial charge in [0.05, 0.1) is 13.2 Å². The van der Waals surface area contributed by atoms with Gasteiger partial charge in [0.2, 0.25) is 5.91 Å². The number of aromatic nitrogens is 1. The highest BCUT2D eigenvalue weighted by Crippen LogP contribution is 2.29. The third-order valence-electron chi connectivity index (χ3n) is 4.62. The molecule has 2 heterocycles. The van der Waals surface area contributed by atoms with Crippen LogP contribution < -0.4 is 5.32 Å². The molecule has 1 aromatic rings. The summed E-state index contributed by atoms with van der Waals surface area (Å²) in [6.45, 7) is 4.41. The van der Waals surface area contributed by atoms with Gasteiger partial charge in [-0.3, -0.25) is 14.5 Å². The van der Waals surface area contributed by atoms with Crippen molar-refractivity contribution in [1.82, 2.24) is 10.1 Å². The van der Waals surface area contributed by atoms with Crippen LogP contribution in [0.4, 0.5) is 5.82 Å². The molecular formula is C16H23N3O4. The number of hydrogen-bond acceptors (Lipinski definition) is 6. The number of amides is 1. The number of morpholine rings is 1. The second kappa shape index (κ2) is 7.23. The van der Waals surface area contributed by atoms with E-state index in [1.165, 1.54) is 0 Å². The maximum Gasteiger partial charge on any atom is 0.226 e. The van der Waals surface area contributed by atoms with Crippen LogP contribution in [-0.4, -0.2) is 54.1 Å². The minimum atomic E-state index is -0.0960. The summed E-state index contributed by atoms with van der Waals surface area (Å²) in [7, 11) is 0. The first kappa shape index (κ1) is 16.1. The Morgan fingerprint density at radius 2 is 2.39 bits per heavy atom. The number of ether oxygens (including phenoxy) is 1. The number of nitrogens with one attached hydrogen (secondary N) is 1. The Balaban J connectivity index is 1.52. The van der Waals surface area contributed by atoms with Gasteiger partial charge < -0.3 is 14.6 Å². The van der Waals surface area contributed by atoms with E-state index in [1.54, 1.807) is 13.0 Å². The molecule has 3 rings (SSSR count). The Morgan fingerprint density at radius 1 is 1.52 bits per heavy atom. The summed E-state index contributed by atoms with van der Waals surface area (Å²) in [5, 5.41) is 6.48. The van der Waals surface area contributed by atoms with E-state index in [-0.39, 0.29) is 17.9 Å². The van der Waals surface area contributed by atoms with Gasteiger partial charge in [0.15, 0.2) is 5.82 Å². The van der Waals surface area contributed by atoms with Crippen molar-refractivity contribution in [2.24, 2.45) is 5.92 Å². The monoisotopic (exact) mass is 321 g/mol. The van der Waals surface area contributed by atoms with Gasteiger partial charge in [-0.1, -0.05) is 5.16 Å². The number of ketones is 1. The SMILES string of the molecule is Cc1cc(NC(=O)CCN2CCOC[C@@H]2[C@H]2CCCC2=O)no1. The van der Waals surface area contributed by atoms with E-state index in [0.717, 1.165) is 19.4 Å². The second-order valence-electron chi connectivity index (χ2n) is 6.26. The van der Waals surface area contributed by atoms with Crippen LogP contribution in [0.1, 0.15) is 31.4 Å². The summed E-state index contributed by atoms with van der Waals surface area (Å²) >= 11 is 0. The lowest BCUT2D eigenvalue weighted by Gasteiger charge is -2.38. The molecule has 0 aromatic carbocycles. The molecule has 2 atom stereocenters. The van der Waals surface area contributed by atoms with E-state index in [0.29, 0.717) is 50.0 Å². The molecule has 0 bridgehead atoms. The number of anilines is 1. The van der Waals surface area contributed by atoms with E-state index in [9.17, 15) is 9.59 Å². The van der Waals surface area contributed by atoms with Crippen molar-refractivity contribution in [3.63, 3.8) is 0 Å². The molecule has 0 unspecified atom stereocenters. The topological polar surface area (TPSA) is 84.7 Å².